The van der Waals surface area contributed by atoms with Gasteiger partial charge in [-0.05, 0) is 325 Å². The Bertz CT molecular complexity index is 4230. The summed E-state index contributed by atoms with van der Waals surface area (Å²) in [7, 11) is 0. The van der Waals surface area contributed by atoms with Gasteiger partial charge < -0.3 is 14.9 Å². The number of halogens is 11. The number of benzene rings is 8. The van der Waals surface area contributed by atoms with Gasteiger partial charge in [-0.25, -0.2) is 43.9 Å². The van der Waals surface area contributed by atoms with Crippen molar-refractivity contribution in [2.24, 2.45) is 53.3 Å². The normalized spacial score (nSPS) is 14.1. The summed E-state index contributed by atoms with van der Waals surface area (Å²) >= 11 is 7.92. The molecule has 1 aliphatic heterocycles. The van der Waals surface area contributed by atoms with E-state index in [1.807, 2.05) is 97.9 Å². The lowest BCUT2D eigenvalue weighted by Crippen LogP contribution is -2.18. The number of fused-ring (bicyclic) bond motifs is 1. The lowest BCUT2D eigenvalue weighted by Gasteiger charge is -2.28. The Hall–Kier alpha value is -7.23. The zero-order valence-corrected chi connectivity index (χ0v) is 79.5. The minimum Gasteiger partial charge on any atom is -0.493 e. The van der Waals surface area contributed by atoms with Gasteiger partial charge >= 0.3 is 0 Å². The van der Waals surface area contributed by atoms with E-state index in [0.717, 1.165) is 91.9 Å². The molecule has 9 atom stereocenters. The van der Waals surface area contributed by atoms with Crippen LogP contribution in [0.15, 0.2) is 146 Å². The Balaban J connectivity index is 0.000000681. The summed E-state index contributed by atoms with van der Waals surface area (Å²) < 4.78 is 135. The molecular formula is C106H149ClF10O3S. The molecule has 15 heteroatoms. The van der Waals surface area contributed by atoms with Crippen LogP contribution in [0.5, 0.6) is 5.75 Å². The largest absolute Gasteiger partial charge is 0.493 e. The van der Waals surface area contributed by atoms with E-state index >= 15 is 0 Å². The molecule has 1 aromatic heterocycles. The lowest BCUT2D eigenvalue weighted by molar-refractivity contribution is 0.236. The minimum absolute atomic E-state index is 0. The van der Waals surface area contributed by atoms with E-state index in [1.165, 1.54) is 50.7 Å². The van der Waals surface area contributed by atoms with Gasteiger partial charge in [0.25, 0.3) is 0 Å². The fourth-order valence-electron chi connectivity index (χ4n) is 13.3. The molecule has 0 spiro atoms. The second kappa shape index (κ2) is 54.5. The number of aliphatic hydroxyl groups excluding tert-OH is 2. The standard InChI is InChI=1S/C12H17Cl.C12H16F2.C12H15FO.C12H17FO.3C12H17F.C11H13F3O.C10H16S.CH4/c1-8(2)10(4)11-5-9(3)6-12(13)7-11;1-7(2)9(4)10-5-8(3)12(14)11(13)6-10;1-8(2)10-5-6-14-12-4-3-9(13)7-11(10)12;1-8(2)12(7-14)10-4-9(3)5-11(13)6-10;2*1-8(2)10(4)11-5-9(3)6-12(13)7-11;1-8(2)10(4)11-5-6-12(13)9(3)7-11;1-6(2)8(5-15)7-3-9(12)11(14)10(13)4-7;1-7(2)9(4)10-6-5-8(3)11-10;/h5-8,10H,1-4H3;5-7,9H,1-4H3;3-4,7-8,10H,5-6H2,1-2H3;4-6,8,12,14H,7H2,1-3H3;3*5-8,10H,1-4H3;3-4,6,8,15H,5H2,1-2H3;5-7,9H,1-4H3;1H4. The molecule has 0 aliphatic carbocycles. The van der Waals surface area contributed by atoms with Crippen LogP contribution in [0.1, 0.15) is 321 Å². The molecule has 2 heterocycles. The van der Waals surface area contributed by atoms with Crippen molar-refractivity contribution in [1.29, 1.82) is 0 Å². The summed E-state index contributed by atoms with van der Waals surface area (Å²) in [5.41, 5.74) is 13.1. The van der Waals surface area contributed by atoms with Gasteiger partial charge in [0, 0.05) is 32.2 Å². The van der Waals surface area contributed by atoms with Gasteiger partial charge in [0.2, 0.25) is 0 Å². The number of aryl methyl sites for hydroxylation is 7. The maximum absolute atomic E-state index is 13.1. The molecule has 2 N–H and O–H groups in total. The molecule has 9 aromatic rings. The van der Waals surface area contributed by atoms with E-state index in [1.54, 1.807) is 55.5 Å². The molecular weight excluding hydrogens is 1580 g/mol. The van der Waals surface area contributed by atoms with Crippen molar-refractivity contribution in [2.45, 2.75) is 282 Å². The van der Waals surface area contributed by atoms with Crippen molar-refractivity contribution in [3.63, 3.8) is 0 Å². The fraction of sp³-hybridized carbons (Fsp3) is 0.509. The first-order valence-electron chi connectivity index (χ1n) is 42.9. The maximum atomic E-state index is 13.1. The number of rotatable bonds is 19. The molecule has 1 aliphatic rings. The van der Waals surface area contributed by atoms with Crippen LogP contribution in [-0.2, 0) is 0 Å². The van der Waals surface area contributed by atoms with Crippen LogP contribution in [0, 0.1) is 160 Å². The Morgan fingerprint density at radius 3 is 1.05 bits per heavy atom. The van der Waals surface area contributed by atoms with Crippen LogP contribution in [0.3, 0.4) is 0 Å². The van der Waals surface area contributed by atoms with Crippen LogP contribution in [0.25, 0.3) is 0 Å². The fourth-order valence-corrected chi connectivity index (χ4v) is 14.7. The molecule has 0 fully saturated rings. The van der Waals surface area contributed by atoms with Crippen molar-refractivity contribution >= 4 is 22.9 Å². The van der Waals surface area contributed by atoms with Gasteiger partial charge in [-0.3, -0.25) is 0 Å². The molecule has 0 saturated carbocycles. The Morgan fingerprint density at radius 1 is 0.339 bits per heavy atom. The predicted molar refractivity (Wildman–Crippen MR) is 497 cm³/mol. The monoisotopic (exact) mass is 1730 g/mol. The zero-order valence-electron chi connectivity index (χ0n) is 77.9. The van der Waals surface area contributed by atoms with Gasteiger partial charge in [-0.1, -0.05) is 228 Å². The number of thiophene rings is 1. The highest BCUT2D eigenvalue weighted by Gasteiger charge is 2.26. The Labute approximate surface area is 734 Å². The van der Waals surface area contributed by atoms with E-state index in [2.05, 4.69) is 182 Å². The van der Waals surface area contributed by atoms with Crippen molar-refractivity contribution in [2.75, 3.05) is 19.8 Å². The highest BCUT2D eigenvalue weighted by atomic mass is 35.5. The van der Waals surface area contributed by atoms with Crippen LogP contribution in [0.2, 0.25) is 5.02 Å². The second-order valence-electron chi connectivity index (χ2n) is 36.1. The third-order valence-electron chi connectivity index (χ3n) is 23.2. The highest BCUT2D eigenvalue weighted by molar-refractivity contribution is 7.12. The van der Waals surface area contributed by atoms with Crippen molar-refractivity contribution in [3.05, 3.63) is 296 Å². The summed E-state index contributed by atoms with van der Waals surface area (Å²) in [5.74, 6) is 2.17. The SMILES string of the molecule is C.CC(C)C(CO)c1cc(F)c(F)c(F)c1.CC(C)C1CCOc2ccc(F)cc21.Cc1cc(C(C)C(C)C)cc(F)c1F.Cc1cc(C(C)C(C)C)ccc1F.Cc1cc(Cl)cc(C(C)C(C)C)c1.Cc1cc(F)cc(C(C)C(C)C)c1.Cc1cc(F)cc(C(C)C(C)C)c1.Cc1cc(F)cc(C(CO)C(C)C)c1.Cc1ccc(C(C)C(C)C)s1. The van der Waals surface area contributed by atoms with Gasteiger partial charge in [0.1, 0.15) is 34.8 Å². The van der Waals surface area contributed by atoms with Gasteiger partial charge in [-0.15, -0.1) is 11.3 Å². The Morgan fingerprint density at radius 2 is 0.694 bits per heavy atom. The van der Waals surface area contributed by atoms with Crippen molar-refractivity contribution in [1.82, 2.24) is 0 Å². The minimum atomic E-state index is -1.47. The summed E-state index contributed by atoms with van der Waals surface area (Å²) in [5, 5.41) is 19.1. The van der Waals surface area contributed by atoms with E-state index in [-0.39, 0.29) is 79.0 Å². The predicted octanol–water partition coefficient (Wildman–Crippen LogP) is 33.6. The average molecular weight is 1730 g/mol. The van der Waals surface area contributed by atoms with E-state index in [9.17, 15) is 49.0 Å². The number of hydrogen-bond acceptors (Lipinski definition) is 4. The number of aliphatic hydroxyl groups is 2. The second-order valence-corrected chi connectivity index (χ2v) is 37.8. The van der Waals surface area contributed by atoms with Crippen LogP contribution in [0.4, 0.5) is 43.9 Å². The van der Waals surface area contributed by atoms with Crippen molar-refractivity contribution < 1.29 is 58.9 Å². The molecule has 121 heavy (non-hydrogen) atoms. The molecule has 9 unspecified atom stereocenters. The smallest absolute Gasteiger partial charge is 0.194 e. The first kappa shape index (κ1) is 112. The van der Waals surface area contributed by atoms with Crippen LogP contribution < -0.4 is 4.74 Å². The lowest BCUT2D eigenvalue weighted by atomic mass is 9.84. The third-order valence-corrected chi connectivity index (χ3v) is 24.7. The van der Waals surface area contributed by atoms with Gasteiger partial charge in [0.05, 0.1) is 19.8 Å². The molecule has 0 saturated heterocycles. The van der Waals surface area contributed by atoms with Crippen LogP contribution >= 0.6 is 22.9 Å². The molecule has 0 bridgehead atoms. The average Bonchev–Trinajstić information content (AvgIpc) is 0.951. The quantitative estimate of drug-likeness (QED) is 0.0627. The Kier molecular flexibility index (Phi) is 50.4. The highest BCUT2D eigenvalue weighted by Crippen LogP contribution is 2.39. The van der Waals surface area contributed by atoms with Crippen molar-refractivity contribution in [3.8, 4) is 5.75 Å². The molecule has 10 rings (SSSR count). The zero-order chi connectivity index (χ0) is 91.8. The summed E-state index contributed by atoms with van der Waals surface area (Å²) in [4.78, 5) is 2.95. The van der Waals surface area contributed by atoms with E-state index < -0.39 is 29.1 Å². The first-order chi connectivity index (χ1) is 55.8. The number of ether oxygens (including phenoxy) is 1. The summed E-state index contributed by atoms with van der Waals surface area (Å²) in [6.45, 7) is 65.2. The molecule has 674 valence electrons. The third kappa shape index (κ3) is 38.4. The first-order valence-corrected chi connectivity index (χ1v) is 44.1. The van der Waals surface area contributed by atoms with Gasteiger partial charge in [-0.2, -0.15) is 0 Å². The molecule has 0 radical (unpaired) electrons. The summed E-state index contributed by atoms with van der Waals surface area (Å²) in [6, 6.07) is 41.3. The summed E-state index contributed by atoms with van der Waals surface area (Å²) in [6.07, 6.45) is 0.994. The topological polar surface area (TPSA) is 49.7 Å². The van der Waals surface area contributed by atoms with Gasteiger partial charge in [0.15, 0.2) is 29.1 Å². The molecule has 3 nitrogen and oxygen atoms in total. The molecule has 0 amide bonds. The molecule has 8 aromatic carbocycles. The number of hydrogen-bond donors (Lipinski definition) is 2. The van der Waals surface area contributed by atoms with E-state index in [0.29, 0.717) is 82.5 Å². The van der Waals surface area contributed by atoms with Crippen LogP contribution in [-0.4, -0.2) is 30.0 Å². The maximum Gasteiger partial charge on any atom is 0.194 e. The van der Waals surface area contributed by atoms with E-state index in [4.69, 9.17) is 21.4 Å².